The van der Waals surface area contributed by atoms with E-state index in [1.54, 1.807) is 0 Å². The topological polar surface area (TPSA) is 31.4 Å². The average Bonchev–Trinajstić information content (AvgIpc) is 2.60. The van der Waals surface area contributed by atoms with E-state index in [-0.39, 0.29) is 0 Å². The van der Waals surface area contributed by atoms with Crippen molar-refractivity contribution in [2.24, 2.45) is 0 Å². The van der Waals surface area contributed by atoms with Crippen LogP contribution in [0, 0.1) is 0 Å². The summed E-state index contributed by atoms with van der Waals surface area (Å²) >= 11 is 0. The molecule has 2 heterocycles. The van der Waals surface area contributed by atoms with Gasteiger partial charge in [0.05, 0.1) is 11.9 Å². The summed E-state index contributed by atoms with van der Waals surface area (Å²) in [4.78, 5) is 9.71. The number of hydrogen-bond acceptors (Lipinski definition) is 4. The molecule has 1 N–H and O–H groups in total. The number of nitrogens with zero attached hydrogens (tertiary/aromatic N) is 3. The quantitative estimate of drug-likeness (QED) is 0.940. The minimum atomic E-state index is 1.06. The van der Waals surface area contributed by atoms with Crippen LogP contribution in [-0.2, 0) is 6.42 Å². The Morgan fingerprint density at radius 1 is 1.09 bits per heavy atom. The molecular formula is C18H26N4. The highest BCUT2D eigenvalue weighted by atomic mass is 15.3. The largest absolute Gasteiger partial charge is 0.386 e. The Morgan fingerprint density at radius 3 is 2.50 bits per heavy atom. The van der Waals surface area contributed by atoms with Gasteiger partial charge in [0.15, 0.2) is 0 Å². The highest BCUT2D eigenvalue weighted by molar-refractivity contribution is 6.00. The highest BCUT2D eigenvalue weighted by Gasteiger charge is 2.19. The summed E-state index contributed by atoms with van der Waals surface area (Å²) in [6, 6.07) is 6.76. The number of aryl methyl sites for hydroxylation is 1. The molecule has 3 rings (SSSR count). The number of likely N-dealkylation sites (N-methyl/N-ethyl adjacent to an activating group) is 1. The minimum absolute atomic E-state index is 1.06. The number of rotatable bonds is 4. The number of aromatic nitrogens is 1. The molecule has 0 atom stereocenters. The molecule has 2 aromatic rings. The Kier molecular flexibility index (Phi) is 4.48. The molecule has 118 valence electrons. The molecular weight excluding hydrogens is 272 g/mol. The molecule has 22 heavy (non-hydrogen) atoms. The van der Waals surface area contributed by atoms with Crippen molar-refractivity contribution in [3.05, 3.63) is 30.0 Å². The zero-order valence-electron chi connectivity index (χ0n) is 13.9. The van der Waals surface area contributed by atoms with Crippen LogP contribution in [0.15, 0.2) is 24.4 Å². The second-order valence-electron chi connectivity index (χ2n) is 5.90. The number of piperazine rings is 1. The normalized spacial score (nSPS) is 16.2. The van der Waals surface area contributed by atoms with Gasteiger partial charge in [-0.25, -0.2) is 4.98 Å². The maximum absolute atomic E-state index is 4.77. The third-order valence-electron chi connectivity index (χ3n) is 4.73. The summed E-state index contributed by atoms with van der Waals surface area (Å²) in [5, 5.41) is 5.81. The third-order valence-corrected chi connectivity index (χ3v) is 4.73. The SMILES string of the molecule is CCc1ccc2c(NC)cnc(N3CCN(CC)CC3)c2c1. The lowest BCUT2D eigenvalue weighted by molar-refractivity contribution is 0.271. The van der Waals surface area contributed by atoms with Gasteiger partial charge in [0.2, 0.25) is 0 Å². The standard InChI is InChI=1S/C18H26N4/c1-4-14-6-7-15-16(12-14)18(20-13-17(15)19-3)22-10-8-21(5-2)9-11-22/h6-7,12-13,19H,4-5,8-11H2,1-3H3. The highest BCUT2D eigenvalue weighted by Crippen LogP contribution is 2.31. The Morgan fingerprint density at radius 2 is 1.86 bits per heavy atom. The molecule has 1 aliphatic heterocycles. The predicted octanol–water partition coefficient (Wildman–Crippen LogP) is 2.98. The fraction of sp³-hybridized carbons (Fsp3) is 0.500. The van der Waals surface area contributed by atoms with Crippen LogP contribution < -0.4 is 10.2 Å². The first-order chi connectivity index (χ1) is 10.8. The molecule has 0 aliphatic carbocycles. The monoisotopic (exact) mass is 298 g/mol. The molecule has 1 aliphatic rings. The van der Waals surface area contributed by atoms with Gasteiger partial charge in [0.25, 0.3) is 0 Å². The van der Waals surface area contributed by atoms with Crippen LogP contribution >= 0.6 is 0 Å². The molecule has 0 spiro atoms. The lowest BCUT2D eigenvalue weighted by atomic mass is 10.0. The molecule has 0 radical (unpaired) electrons. The number of hydrogen-bond donors (Lipinski definition) is 1. The van der Waals surface area contributed by atoms with E-state index < -0.39 is 0 Å². The lowest BCUT2D eigenvalue weighted by Crippen LogP contribution is -2.46. The molecule has 1 fully saturated rings. The zero-order chi connectivity index (χ0) is 15.5. The molecule has 0 saturated carbocycles. The van der Waals surface area contributed by atoms with Crippen LogP contribution in [0.1, 0.15) is 19.4 Å². The summed E-state index contributed by atoms with van der Waals surface area (Å²) in [6.45, 7) is 9.95. The maximum Gasteiger partial charge on any atom is 0.136 e. The van der Waals surface area contributed by atoms with Gasteiger partial charge in [-0.15, -0.1) is 0 Å². The molecule has 4 heteroatoms. The fourth-order valence-corrected chi connectivity index (χ4v) is 3.22. The second kappa shape index (κ2) is 6.53. The van der Waals surface area contributed by atoms with Crippen molar-refractivity contribution in [1.82, 2.24) is 9.88 Å². The summed E-state index contributed by atoms with van der Waals surface area (Å²) in [7, 11) is 1.96. The van der Waals surface area contributed by atoms with Crippen LogP contribution in [0.4, 0.5) is 11.5 Å². The Labute approximate surface area is 133 Å². The molecule has 0 unspecified atom stereocenters. The number of fused-ring (bicyclic) bond motifs is 1. The van der Waals surface area contributed by atoms with E-state index in [1.807, 2.05) is 13.2 Å². The van der Waals surface area contributed by atoms with Crippen molar-refractivity contribution >= 4 is 22.3 Å². The van der Waals surface area contributed by atoms with E-state index in [9.17, 15) is 0 Å². The van der Waals surface area contributed by atoms with E-state index >= 15 is 0 Å². The van der Waals surface area contributed by atoms with Crippen LogP contribution in [0.25, 0.3) is 10.8 Å². The van der Waals surface area contributed by atoms with E-state index in [4.69, 9.17) is 4.98 Å². The lowest BCUT2D eigenvalue weighted by Gasteiger charge is -2.35. The van der Waals surface area contributed by atoms with E-state index in [1.165, 1.54) is 16.3 Å². The first-order valence-corrected chi connectivity index (χ1v) is 8.33. The van der Waals surface area contributed by atoms with Crippen molar-refractivity contribution in [1.29, 1.82) is 0 Å². The molecule has 1 saturated heterocycles. The number of pyridine rings is 1. The van der Waals surface area contributed by atoms with Crippen LogP contribution in [0.5, 0.6) is 0 Å². The maximum atomic E-state index is 4.77. The van der Waals surface area contributed by atoms with Gasteiger partial charge < -0.3 is 15.1 Å². The first-order valence-electron chi connectivity index (χ1n) is 8.33. The van der Waals surface area contributed by atoms with Crippen molar-refractivity contribution in [3.63, 3.8) is 0 Å². The van der Waals surface area contributed by atoms with Crippen molar-refractivity contribution in [2.75, 3.05) is 50.0 Å². The summed E-state index contributed by atoms with van der Waals surface area (Å²) < 4.78 is 0. The van der Waals surface area contributed by atoms with Crippen molar-refractivity contribution in [3.8, 4) is 0 Å². The van der Waals surface area contributed by atoms with Gasteiger partial charge in [-0.2, -0.15) is 0 Å². The Hall–Kier alpha value is -1.81. The van der Waals surface area contributed by atoms with Crippen LogP contribution in [-0.4, -0.2) is 49.7 Å². The van der Waals surface area contributed by atoms with Crippen LogP contribution in [0.2, 0.25) is 0 Å². The summed E-state index contributed by atoms with van der Waals surface area (Å²) in [5.74, 6) is 1.14. The van der Waals surface area contributed by atoms with Gasteiger partial charge in [-0.3, -0.25) is 0 Å². The Bertz CT molecular complexity index is 645. The second-order valence-corrected chi connectivity index (χ2v) is 5.90. The zero-order valence-corrected chi connectivity index (χ0v) is 13.9. The molecule has 4 nitrogen and oxygen atoms in total. The summed E-state index contributed by atoms with van der Waals surface area (Å²) in [6.07, 6.45) is 3.03. The van der Waals surface area contributed by atoms with Gasteiger partial charge in [-0.05, 0) is 24.6 Å². The molecule has 1 aromatic heterocycles. The first kappa shape index (κ1) is 15.1. The molecule has 0 bridgehead atoms. The molecule has 1 aromatic carbocycles. The average molecular weight is 298 g/mol. The van der Waals surface area contributed by atoms with Gasteiger partial charge >= 0.3 is 0 Å². The predicted molar refractivity (Wildman–Crippen MR) is 95.0 cm³/mol. The van der Waals surface area contributed by atoms with E-state index in [0.29, 0.717) is 0 Å². The van der Waals surface area contributed by atoms with Crippen LogP contribution in [0.3, 0.4) is 0 Å². The van der Waals surface area contributed by atoms with Crippen molar-refractivity contribution < 1.29 is 0 Å². The number of benzene rings is 1. The van der Waals surface area contributed by atoms with Crippen molar-refractivity contribution in [2.45, 2.75) is 20.3 Å². The smallest absolute Gasteiger partial charge is 0.136 e. The van der Waals surface area contributed by atoms with Gasteiger partial charge in [0.1, 0.15) is 5.82 Å². The van der Waals surface area contributed by atoms with Gasteiger partial charge in [-0.1, -0.05) is 26.0 Å². The minimum Gasteiger partial charge on any atom is -0.386 e. The summed E-state index contributed by atoms with van der Waals surface area (Å²) in [5.41, 5.74) is 2.48. The molecule has 0 amide bonds. The fourth-order valence-electron chi connectivity index (χ4n) is 3.22. The third kappa shape index (κ3) is 2.75. The number of nitrogens with one attached hydrogen (secondary N) is 1. The number of anilines is 2. The van der Waals surface area contributed by atoms with Gasteiger partial charge in [0, 0.05) is 44.0 Å². The van der Waals surface area contributed by atoms with E-state index in [2.05, 4.69) is 47.2 Å². The Balaban J connectivity index is 2.02. The van der Waals surface area contributed by atoms with E-state index in [0.717, 1.165) is 50.6 Å².